The van der Waals surface area contributed by atoms with Gasteiger partial charge >= 0.3 is 5.97 Å². The maximum Gasteiger partial charge on any atom is 0.325 e. The third kappa shape index (κ3) is 3.80. The summed E-state index contributed by atoms with van der Waals surface area (Å²) >= 11 is 0. The molecular weight excluding hydrogens is 350 g/mol. The summed E-state index contributed by atoms with van der Waals surface area (Å²) in [6.45, 7) is 7.63. The molecule has 2 aromatic heterocycles. The SMILES string of the molecule is CCOC(=O)Cn1c2c(c3cc(C)ccc31)CN(CCc1cccnc1)CC2. The Kier molecular flexibility index (Phi) is 5.44. The molecule has 3 aromatic rings. The normalized spacial score (nSPS) is 14.2. The van der Waals surface area contributed by atoms with Crippen LogP contribution in [0, 0.1) is 6.92 Å². The number of esters is 1. The molecule has 0 saturated carbocycles. The molecule has 0 saturated heterocycles. The molecule has 0 aliphatic carbocycles. The zero-order valence-electron chi connectivity index (χ0n) is 16.6. The van der Waals surface area contributed by atoms with E-state index in [1.807, 2.05) is 25.4 Å². The lowest BCUT2D eigenvalue weighted by molar-refractivity contribution is -0.143. The van der Waals surface area contributed by atoms with E-state index in [9.17, 15) is 4.79 Å². The highest BCUT2D eigenvalue weighted by Crippen LogP contribution is 2.32. The second kappa shape index (κ2) is 8.15. The van der Waals surface area contributed by atoms with Gasteiger partial charge in [0.2, 0.25) is 0 Å². The minimum atomic E-state index is -0.165. The van der Waals surface area contributed by atoms with E-state index >= 15 is 0 Å². The van der Waals surface area contributed by atoms with Crippen LogP contribution in [0.15, 0.2) is 42.7 Å². The Hall–Kier alpha value is -2.66. The van der Waals surface area contributed by atoms with Crippen LogP contribution in [-0.2, 0) is 35.5 Å². The molecule has 0 amide bonds. The molecule has 0 unspecified atom stereocenters. The van der Waals surface area contributed by atoms with Gasteiger partial charge in [0.05, 0.1) is 6.61 Å². The van der Waals surface area contributed by atoms with E-state index in [-0.39, 0.29) is 5.97 Å². The van der Waals surface area contributed by atoms with E-state index < -0.39 is 0 Å². The molecule has 0 atom stereocenters. The fourth-order valence-corrected chi connectivity index (χ4v) is 4.16. The van der Waals surface area contributed by atoms with Crippen molar-refractivity contribution in [3.63, 3.8) is 0 Å². The number of carbonyl (C=O) groups is 1. The largest absolute Gasteiger partial charge is 0.465 e. The summed E-state index contributed by atoms with van der Waals surface area (Å²) < 4.78 is 7.38. The average Bonchev–Trinajstić information content (AvgIpc) is 3.00. The number of ether oxygens (including phenoxy) is 1. The standard InChI is InChI=1S/C23H27N3O2/c1-3-28-23(27)16-26-21-7-6-17(2)13-19(21)20-15-25(12-9-22(20)26)11-8-18-5-4-10-24-14-18/h4-7,10,13-14H,3,8-9,11-12,15-16H2,1-2H3. The average molecular weight is 377 g/mol. The van der Waals surface area contributed by atoms with Crippen LogP contribution in [-0.4, -0.2) is 40.1 Å². The third-order valence-electron chi connectivity index (χ3n) is 5.52. The number of hydrogen-bond donors (Lipinski definition) is 0. The molecule has 5 nitrogen and oxygen atoms in total. The molecule has 28 heavy (non-hydrogen) atoms. The molecule has 4 rings (SSSR count). The Morgan fingerprint density at radius 2 is 2.18 bits per heavy atom. The molecule has 5 heteroatoms. The quantitative estimate of drug-likeness (QED) is 0.617. The summed E-state index contributed by atoms with van der Waals surface area (Å²) in [4.78, 5) is 18.9. The van der Waals surface area contributed by atoms with Gasteiger partial charge < -0.3 is 9.30 Å². The van der Waals surface area contributed by atoms with Crippen molar-refractivity contribution < 1.29 is 9.53 Å². The molecule has 146 valence electrons. The van der Waals surface area contributed by atoms with E-state index in [1.54, 1.807) is 0 Å². The first-order valence-electron chi connectivity index (χ1n) is 10.0. The Balaban J connectivity index is 1.60. The van der Waals surface area contributed by atoms with Gasteiger partial charge in [-0.05, 0) is 49.6 Å². The van der Waals surface area contributed by atoms with Crippen LogP contribution in [0.25, 0.3) is 10.9 Å². The number of benzene rings is 1. The number of nitrogens with zero attached hydrogens (tertiary/aromatic N) is 3. The van der Waals surface area contributed by atoms with Gasteiger partial charge in [0, 0.05) is 55.0 Å². The van der Waals surface area contributed by atoms with Gasteiger partial charge in [0.25, 0.3) is 0 Å². The van der Waals surface area contributed by atoms with Gasteiger partial charge in [0.15, 0.2) is 0 Å². The van der Waals surface area contributed by atoms with Crippen molar-refractivity contribution in [1.82, 2.24) is 14.5 Å². The van der Waals surface area contributed by atoms with Crippen molar-refractivity contribution in [3.05, 3.63) is 65.1 Å². The summed E-state index contributed by atoms with van der Waals surface area (Å²) in [6.07, 6.45) is 5.72. The van der Waals surface area contributed by atoms with Crippen LogP contribution in [0.2, 0.25) is 0 Å². The van der Waals surface area contributed by atoms with Gasteiger partial charge in [-0.15, -0.1) is 0 Å². The molecule has 1 aromatic carbocycles. The fraction of sp³-hybridized carbons (Fsp3) is 0.391. The van der Waals surface area contributed by atoms with Crippen molar-refractivity contribution >= 4 is 16.9 Å². The molecule has 0 radical (unpaired) electrons. The topological polar surface area (TPSA) is 47.4 Å². The zero-order chi connectivity index (χ0) is 19.5. The molecule has 1 aliphatic heterocycles. The van der Waals surface area contributed by atoms with E-state index in [0.29, 0.717) is 13.2 Å². The monoisotopic (exact) mass is 377 g/mol. The van der Waals surface area contributed by atoms with Crippen LogP contribution in [0.3, 0.4) is 0 Å². The second-order valence-electron chi connectivity index (χ2n) is 7.47. The minimum absolute atomic E-state index is 0.165. The lowest BCUT2D eigenvalue weighted by Crippen LogP contribution is -2.33. The first-order valence-corrected chi connectivity index (χ1v) is 10.0. The van der Waals surface area contributed by atoms with Gasteiger partial charge in [-0.2, -0.15) is 0 Å². The van der Waals surface area contributed by atoms with Crippen LogP contribution in [0.1, 0.15) is 29.3 Å². The van der Waals surface area contributed by atoms with E-state index in [0.717, 1.165) is 38.0 Å². The summed E-state index contributed by atoms with van der Waals surface area (Å²) in [6, 6.07) is 10.6. The summed E-state index contributed by atoms with van der Waals surface area (Å²) in [7, 11) is 0. The minimum Gasteiger partial charge on any atom is -0.465 e. The molecule has 0 spiro atoms. The van der Waals surface area contributed by atoms with E-state index in [2.05, 4.69) is 45.6 Å². The van der Waals surface area contributed by atoms with Gasteiger partial charge in [0.1, 0.15) is 6.54 Å². The van der Waals surface area contributed by atoms with Crippen molar-refractivity contribution in [2.45, 2.75) is 39.8 Å². The van der Waals surface area contributed by atoms with Crippen LogP contribution >= 0.6 is 0 Å². The van der Waals surface area contributed by atoms with Gasteiger partial charge in [-0.25, -0.2) is 0 Å². The number of hydrogen-bond acceptors (Lipinski definition) is 4. The Labute approximate surface area is 165 Å². The van der Waals surface area contributed by atoms with E-state index in [4.69, 9.17) is 4.74 Å². The molecule has 3 heterocycles. The fourth-order valence-electron chi connectivity index (χ4n) is 4.16. The first kappa shape index (κ1) is 18.7. The summed E-state index contributed by atoms with van der Waals surface area (Å²) in [5, 5.41) is 1.27. The maximum atomic E-state index is 12.2. The highest BCUT2D eigenvalue weighted by molar-refractivity contribution is 5.88. The third-order valence-corrected chi connectivity index (χ3v) is 5.52. The number of fused-ring (bicyclic) bond motifs is 3. The van der Waals surface area contributed by atoms with Crippen LogP contribution in [0.4, 0.5) is 0 Å². The molecule has 0 bridgehead atoms. The second-order valence-corrected chi connectivity index (χ2v) is 7.47. The van der Waals surface area contributed by atoms with Crippen LogP contribution < -0.4 is 0 Å². The Morgan fingerprint density at radius 1 is 1.29 bits per heavy atom. The number of rotatable bonds is 6. The Morgan fingerprint density at radius 3 is 2.96 bits per heavy atom. The molecule has 1 aliphatic rings. The van der Waals surface area contributed by atoms with Crippen molar-refractivity contribution in [1.29, 1.82) is 0 Å². The highest BCUT2D eigenvalue weighted by Gasteiger charge is 2.25. The molecule has 0 fully saturated rings. The Bertz CT molecular complexity index is 978. The smallest absolute Gasteiger partial charge is 0.325 e. The van der Waals surface area contributed by atoms with Crippen LogP contribution in [0.5, 0.6) is 0 Å². The van der Waals surface area contributed by atoms with Crippen molar-refractivity contribution in [2.24, 2.45) is 0 Å². The van der Waals surface area contributed by atoms with Gasteiger partial charge in [-0.3, -0.25) is 14.7 Å². The summed E-state index contributed by atoms with van der Waals surface area (Å²) in [5.41, 5.74) is 6.30. The molecular formula is C23H27N3O2. The predicted molar refractivity (Wildman–Crippen MR) is 110 cm³/mol. The first-order chi connectivity index (χ1) is 13.7. The predicted octanol–water partition coefficient (Wildman–Crippen LogP) is 3.51. The number of carbonyl (C=O) groups excluding carboxylic acids is 1. The number of aromatic nitrogens is 2. The lowest BCUT2D eigenvalue weighted by atomic mass is 10.0. The number of pyridine rings is 1. The summed E-state index contributed by atoms with van der Waals surface area (Å²) in [5.74, 6) is -0.165. The highest BCUT2D eigenvalue weighted by atomic mass is 16.5. The van der Waals surface area contributed by atoms with Gasteiger partial charge in [-0.1, -0.05) is 17.7 Å². The zero-order valence-corrected chi connectivity index (χ0v) is 16.6. The number of aryl methyl sites for hydroxylation is 1. The van der Waals surface area contributed by atoms with Crippen molar-refractivity contribution in [2.75, 3.05) is 19.7 Å². The molecule has 0 N–H and O–H groups in total. The van der Waals surface area contributed by atoms with Crippen molar-refractivity contribution in [3.8, 4) is 0 Å². The maximum absolute atomic E-state index is 12.2. The lowest BCUT2D eigenvalue weighted by Gasteiger charge is -2.28. The van der Waals surface area contributed by atoms with E-state index in [1.165, 1.54) is 27.8 Å².